The number of nitrogens with two attached hydrogens (primary N) is 1. The first-order chi connectivity index (χ1) is 8.95. The van der Waals surface area contributed by atoms with Gasteiger partial charge in [-0.3, -0.25) is 0 Å². The van der Waals surface area contributed by atoms with Crippen LogP contribution in [0.2, 0.25) is 0 Å². The van der Waals surface area contributed by atoms with Gasteiger partial charge in [-0.1, -0.05) is 24.3 Å². The molecule has 0 aliphatic rings. The number of methoxy groups -OCH3 is 1. The van der Waals surface area contributed by atoms with Crippen LogP contribution in [-0.4, -0.2) is 19.0 Å². The van der Waals surface area contributed by atoms with E-state index in [2.05, 4.69) is 4.74 Å². The molecule has 0 saturated carbocycles. The van der Waals surface area contributed by atoms with Crippen LogP contribution in [0.15, 0.2) is 35.9 Å². The van der Waals surface area contributed by atoms with Gasteiger partial charge < -0.3 is 20.4 Å². The van der Waals surface area contributed by atoms with Crippen LogP contribution >= 0.6 is 0 Å². The summed E-state index contributed by atoms with van der Waals surface area (Å²) in [4.78, 5) is 21.9. The van der Waals surface area contributed by atoms with E-state index in [-0.39, 0.29) is 36.0 Å². The van der Waals surface area contributed by atoms with Crippen LogP contribution in [0.3, 0.4) is 0 Å². The molecular weight excluding hydrogens is 269 g/mol. The predicted molar refractivity (Wildman–Crippen MR) is 67.9 cm³/mol. The minimum absolute atomic E-state index is 0. The molecule has 0 radical (unpaired) electrons. The molecule has 2 N–H and O–H groups in total. The summed E-state index contributed by atoms with van der Waals surface area (Å²) in [6, 6.07) is 6.34. The Balaban J connectivity index is 0.00000361. The van der Waals surface area contributed by atoms with Gasteiger partial charge in [-0.15, -0.1) is 0 Å². The zero-order valence-electron chi connectivity index (χ0n) is 11.9. The van der Waals surface area contributed by atoms with Crippen molar-refractivity contribution in [1.29, 1.82) is 0 Å². The molecule has 5 nitrogen and oxygen atoms in total. The summed E-state index contributed by atoms with van der Waals surface area (Å²) in [6.45, 7) is 1.69. The number of benzene rings is 1. The second kappa shape index (κ2) is 8.92. The van der Waals surface area contributed by atoms with Crippen LogP contribution in [0.1, 0.15) is 24.1 Å². The average molecular weight is 285 g/mol. The number of carbonyl (C=O) groups is 2. The van der Waals surface area contributed by atoms with E-state index in [0.29, 0.717) is 16.7 Å². The summed E-state index contributed by atoms with van der Waals surface area (Å²) >= 11 is 0. The molecule has 1 aromatic rings. The van der Waals surface area contributed by atoms with E-state index in [1.165, 1.54) is 13.2 Å². The number of carbonyl (C=O) groups excluding carboxylic acids is 2. The number of esters is 1. The van der Waals surface area contributed by atoms with Crippen molar-refractivity contribution in [2.75, 3.05) is 7.11 Å². The van der Waals surface area contributed by atoms with Crippen LogP contribution < -0.4 is 40.4 Å². The summed E-state index contributed by atoms with van der Waals surface area (Å²) in [5.74, 6) is -1.67. The molecule has 0 fully saturated rings. The van der Waals surface area contributed by atoms with Gasteiger partial charge in [-0.25, -0.2) is 4.79 Å². The monoisotopic (exact) mass is 285 g/mol. The van der Waals surface area contributed by atoms with Gasteiger partial charge in [0.1, 0.15) is 0 Å². The average Bonchev–Trinajstić information content (AvgIpc) is 2.37. The first-order valence-corrected chi connectivity index (χ1v) is 5.75. The van der Waals surface area contributed by atoms with Crippen LogP contribution in [0.25, 0.3) is 0 Å². The molecule has 102 valence electrons. The summed E-state index contributed by atoms with van der Waals surface area (Å²) in [5.41, 5.74) is 7.86. The molecule has 0 aliphatic heterocycles. The fourth-order valence-electron chi connectivity index (χ4n) is 1.73. The van der Waals surface area contributed by atoms with E-state index in [1.807, 2.05) is 0 Å². The Bertz CT molecular complexity index is 514. The van der Waals surface area contributed by atoms with Crippen molar-refractivity contribution in [3.8, 4) is 0 Å². The van der Waals surface area contributed by atoms with E-state index >= 15 is 0 Å². The van der Waals surface area contributed by atoms with Gasteiger partial charge >= 0.3 is 35.5 Å². The fourth-order valence-corrected chi connectivity index (χ4v) is 1.73. The number of carboxylic acid groups (broad SMARTS) is 1. The maximum absolute atomic E-state index is 11.2. The second-order valence-corrected chi connectivity index (χ2v) is 4.14. The van der Waals surface area contributed by atoms with Gasteiger partial charge in [-0.05, 0) is 23.6 Å². The normalized spacial score (nSPS) is 12.2. The Morgan fingerprint density at radius 1 is 1.40 bits per heavy atom. The molecule has 20 heavy (non-hydrogen) atoms. The largest absolute Gasteiger partial charge is 1.00 e. The molecule has 1 unspecified atom stereocenters. The third kappa shape index (κ3) is 5.46. The van der Waals surface area contributed by atoms with Gasteiger partial charge in [0.25, 0.3) is 0 Å². The minimum Gasteiger partial charge on any atom is -0.550 e. The smallest absolute Gasteiger partial charge is 0.550 e. The quantitative estimate of drug-likeness (QED) is 0.356. The van der Waals surface area contributed by atoms with Crippen molar-refractivity contribution in [2.45, 2.75) is 19.4 Å². The van der Waals surface area contributed by atoms with Crippen molar-refractivity contribution in [2.24, 2.45) is 5.73 Å². The SMILES string of the molecule is COC(=O)/C=C(\C)C(N)c1ccccc1CC(=O)[O-].[Na+]. The van der Waals surface area contributed by atoms with Crippen molar-refractivity contribution in [3.05, 3.63) is 47.0 Å². The van der Waals surface area contributed by atoms with Crippen molar-refractivity contribution < 1.29 is 49.0 Å². The Morgan fingerprint density at radius 2 is 2.00 bits per heavy atom. The van der Waals surface area contributed by atoms with E-state index in [0.717, 1.165) is 0 Å². The zero-order chi connectivity index (χ0) is 14.4. The summed E-state index contributed by atoms with van der Waals surface area (Å²) in [6.07, 6.45) is 1.08. The summed E-state index contributed by atoms with van der Waals surface area (Å²) in [7, 11) is 1.28. The predicted octanol–water partition coefficient (Wildman–Crippen LogP) is -2.90. The number of hydrogen-bond donors (Lipinski definition) is 1. The topological polar surface area (TPSA) is 92.5 Å². The standard InChI is InChI=1S/C14H17NO4.Na/c1-9(7-13(18)19-2)14(15)11-6-4-3-5-10(11)8-12(16)17;/h3-7,14H,8,15H2,1-2H3,(H,16,17);/q;+1/p-1/b9-7+;. The Morgan fingerprint density at radius 3 is 2.55 bits per heavy atom. The van der Waals surface area contributed by atoms with E-state index < -0.39 is 18.0 Å². The summed E-state index contributed by atoms with van der Waals surface area (Å²) in [5, 5.41) is 10.7. The maximum Gasteiger partial charge on any atom is 1.00 e. The van der Waals surface area contributed by atoms with Crippen LogP contribution in [0, 0.1) is 0 Å². The molecule has 0 spiro atoms. The minimum atomic E-state index is -1.17. The van der Waals surface area contributed by atoms with Crippen molar-refractivity contribution in [1.82, 2.24) is 0 Å². The molecule has 0 aliphatic carbocycles. The van der Waals surface area contributed by atoms with Gasteiger partial charge in [-0.2, -0.15) is 0 Å². The fraction of sp³-hybridized carbons (Fsp3) is 0.286. The molecule has 0 amide bonds. The first kappa shape index (κ1) is 18.9. The number of hydrogen-bond acceptors (Lipinski definition) is 5. The van der Waals surface area contributed by atoms with Gasteiger partial charge in [0.05, 0.1) is 13.2 Å². The number of rotatable bonds is 5. The molecule has 0 heterocycles. The van der Waals surface area contributed by atoms with Gasteiger partial charge in [0.2, 0.25) is 0 Å². The molecule has 6 heteroatoms. The molecule has 1 rings (SSSR count). The number of carboxylic acids is 1. The second-order valence-electron chi connectivity index (χ2n) is 4.14. The van der Waals surface area contributed by atoms with Gasteiger partial charge in [0.15, 0.2) is 0 Å². The van der Waals surface area contributed by atoms with E-state index in [9.17, 15) is 14.7 Å². The first-order valence-electron chi connectivity index (χ1n) is 5.75. The maximum atomic E-state index is 11.2. The molecule has 0 saturated heterocycles. The molecule has 1 aromatic carbocycles. The van der Waals surface area contributed by atoms with E-state index in [4.69, 9.17) is 5.73 Å². The Labute approximate surface area is 140 Å². The van der Waals surface area contributed by atoms with Crippen molar-refractivity contribution in [3.63, 3.8) is 0 Å². The Hall–Kier alpha value is -1.14. The third-order valence-corrected chi connectivity index (χ3v) is 2.76. The van der Waals surface area contributed by atoms with E-state index in [1.54, 1.807) is 31.2 Å². The third-order valence-electron chi connectivity index (χ3n) is 2.76. The molecule has 0 bridgehead atoms. The van der Waals surface area contributed by atoms with Crippen LogP contribution in [-0.2, 0) is 20.7 Å². The Kier molecular flexibility index (Phi) is 8.41. The molecular formula is C14H16NNaO4. The van der Waals surface area contributed by atoms with Crippen molar-refractivity contribution >= 4 is 11.9 Å². The molecule has 0 aromatic heterocycles. The zero-order valence-corrected chi connectivity index (χ0v) is 13.9. The van der Waals surface area contributed by atoms with Gasteiger partial charge in [0, 0.05) is 18.5 Å². The number of aliphatic carboxylic acids is 1. The van der Waals surface area contributed by atoms with Crippen LogP contribution in [0.4, 0.5) is 0 Å². The van der Waals surface area contributed by atoms with Crippen LogP contribution in [0.5, 0.6) is 0 Å². The number of ether oxygens (including phenoxy) is 1. The summed E-state index contributed by atoms with van der Waals surface area (Å²) < 4.78 is 4.53. The molecule has 1 atom stereocenters.